The molecule has 0 aromatic rings. The third kappa shape index (κ3) is 4.25. The molecule has 1 aliphatic carbocycles. The molecule has 3 nitrogen and oxygen atoms in total. The molecular formula is C13H26O3S. The molecule has 4 heteroatoms. The van der Waals surface area contributed by atoms with Crippen molar-refractivity contribution in [3.63, 3.8) is 0 Å². The number of sulfone groups is 1. The van der Waals surface area contributed by atoms with Crippen molar-refractivity contribution in [1.29, 1.82) is 0 Å². The molecule has 102 valence electrons. The first-order chi connectivity index (χ1) is 7.55. The van der Waals surface area contributed by atoms with Crippen LogP contribution < -0.4 is 0 Å². The van der Waals surface area contributed by atoms with Crippen LogP contribution in [-0.4, -0.2) is 31.1 Å². The van der Waals surface area contributed by atoms with Crippen LogP contribution in [0.2, 0.25) is 0 Å². The normalized spacial score (nSPS) is 31.5. The molecule has 17 heavy (non-hydrogen) atoms. The molecule has 0 heterocycles. The topological polar surface area (TPSA) is 54.4 Å². The van der Waals surface area contributed by atoms with Gasteiger partial charge in [0.1, 0.15) is 9.84 Å². The van der Waals surface area contributed by atoms with Gasteiger partial charge in [-0.1, -0.05) is 33.6 Å². The van der Waals surface area contributed by atoms with Crippen LogP contribution in [0.5, 0.6) is 0 Å². The quantitative estimate of drug-likeness (QED) is 0.849. The minimum absolute atomic E-state index is 0.0344. The number of hydrogen-bond donors (Lipinski definition) is 1. The van der Waals surface area contributed by atoms with Gasteiger partial charge >= 0.3 is 0 Å². The van der Waals surface area contributed by atoms with Crippen LogP contribution in [0.15, 0.2) is 0 Å². The molecule has 1 aliphatic rings. The zero-order valence-corrected chi connectivity index (χ0v) is 12.3. The Balaban J connectivity index is 2.81. The molecular weight excluding hydrogens is 236 g/mol. The van der Waals surface area contributed by atoms with E-state index in [1.54, 1.807) is 0 Å². The summed E-state index contributed by atoms with van der Waals surface area (Å²) in [5, 5.41) is 10.8. The average molecular weight is 262 g/mol. The highest BCUT2D eigenvalue weighted by atomic mass is 32.2. The Kier molecular flexibility index (Phi) is 4.30. The zero-order chi connectivity index (χ0) is 13.3. The Morgan fingerprint density at radius 1 is 1.29 bits per heavy atom. The summed E-state index contributed by atoms with van der Waals surface area (Å²) < 4.78 is 22.5. The van der Waals surface area contributed by atoms with Gasteiger partial charge in [0.15, 0.2) is 0 Å². The Morgan fingerprint density at radius 3 is 2.35 bits per heavy atom. The van der Waals surface area contributed by atoms with Crippen molar-refractivity contribution in [3.05, 3.63) is 0 Å². The first-order valence-electron chi connectivity index (χ1n) is 6.45. The molecule has 1 N–H and O–H groups in total. The van der Waals surface area contributed by atoms with Crippen LogP contribution in [0, 0.1) is 11.3 Å². The predicted octanol–water partition coefficient (Wildman–Crippen LogP) is 2.39. The predicted molar refractivity (Wildman–Crippen MR) is 70.7 cm³/mol. The smallest absolute Gasteiger partial charge is 0.147 e. The molecule has 0 aromatic carbocycles. The average Bonchev–Trinajstić information content (AvgIpc) is 2.13. The van der Waals surface area contributed by atoms with Gasteiger partial charge in [-0.2, -0.15) is 0 Å². The molecule has 0 amide bonds. The van der Waals surface area contributed by atoms with Gasteiger partial charge in [0.25, 0.3) is 0 Å². The van der Waals surface area contributed by atoms with E-state index >= 15 is 0 Å². The molecule has 2 unspecified atom stereocenters. The van der Waals surface area contributed by atoms with E-state index < -0.39 is 15.4 Å². The fourth-order valence-electron chi connectivity index (χ4n) is 3.12. The van der Waals surface area contributed by atoms with E-state index in [1.165, 1.54) is 6.26 Å². The summed E-state index contributed by atoms with van der Waals surface area (Å²) in [6.07, 6.45) is 5.52. The summed E-state index contributed by atoms with van der Waals surface area (Å²) in [6, 6.07) is 0. The maximum atomic E-state index is 11.3. The summed E-state index contributed by atoms with van der Waals surface area (Å²) in [5.74, 6) is 0.293. The highest BCUT2D eigenvalue weighted by Crippen LogP contribution is 2.46. The standard InChI is InChI=1S/C13H26O3S/c1-12(2,3)11-7-5-6-8-13(11,14)9-10-17(4,15)16/h11,14H,5-10H2,1-4H3. The lowest BCUT2D eigenvalue weighted by Crippen LogP contribution is -2.47. The monoisotopic (exact) mass is 262 g/mol. The van der Waals surface area contributed by atoms with Gasteiger partial charge in [-0.25, -0.2) is 8.42 Å². The Bertz CT molecular complexity index is 353. The first kappa shape index (κ1) is 15.0. The van der Waals surface area contributed by atoms with Crippen LogP contribution in [0.4, 0.5) is 0 Å². The van der Waals surface area contributed by atoms with Crippen molar-refractivity contribution in [2.45, 2.75) is 58.5 Å². The molecule has 1 saturated carbocycles. The van der Waals surface area contributed by atoms with Crippen molar-refractivity contribution >= 4 is 9.84 Å². The number of rotatable bonds is 3. The second-order valence-electron chi connectivity index (χ2n) is 6.65. The molecule has 1 rings (SSSR count). The van der Waals surface area contributed by atoms with E-state index in [1.807, 2.05) is 0 Å². The molecule has 2 atom stereocenters. The minimum Gasteiger partial charge on any atom is -0.390 e. The van der Waals surface area contributed by atoms with Gasteiger partial charge in [-0.15, -0.1) is 0 Å². The molecule has 0 spiro atoms. The lowest BCUT2D eigenvalue weighted by molar-refractivity contribution is -0.0911. The molecule has 0 saturated heterocycles. The van der Waals surface area contributed by atoms with Crippen LogP contribution >= 0.6 is 0 Å². The van der Waals surface area contributed by atoms with E-state index in [-0.39, 0.29) is 17.1 Å². The largest absolute Gasteiger partial charge is 0.390 e. The van der Waals surface area contributed by atoms with Gasteiger partial charge in [0.2, 0.25) is 0 Å². The fourth-order valence-corrected chi connectivity index (χ4v) is 3.85. The highest BCUT2D eigenvalue weighted by Gasteiger charge is 2.44. The minimum atomic E-state index is -2.99. The summed E-state index contributed by atoms with van der Waals surface area (Å²) in [5.41, 5.74) is -0.758. The molecule has 0 aliphatic heterocycles. The van der Waals surface area contributed by atoms with Crippen molar-refractivity contribution in [2.24, 2.45) is 11.3 Å². The summed E-state index contributed by atoms with van der Waals surface area (Å²) in [7, 11) is -2.99. The summed E-state index contributed by atoms with van der Waals surface area (Å²) in [4.78, 5) is 0. The van der Waals surface area contributed by atoms with Gasteiger partial charge in [0, 0.05) is 6.26 Å². The Hall–Kier alpha value is -0.0900. The van der Waals surface area contributed by atoms with Crippen molar-refractivity contribution in [3.8, 4) is 0 Å². The zero-order valence-electron chi connectivity index (χ0n) is 11.5. The van der Waals surface area contributed by atoms with Crippen LogP contribution in [0.3, 0.4) is 0 Å². The lowest BCUT2D eigenvalue weighted by atomic mass is 9.63. The third-order valence-electron chi connectivity index (χ3n) is 3.95. The van der Waals surface area contributed by atoms with E-state index in [2.05, 4.69) is 20.8 Å². The number of hydrogen-bond acceptors (Lipinski definition) is 3. The van der Waals surface area contributed by atoms with Crippen LogP contribution in [0.25, 0.3) is 0 Å². The maximum Gasteiger partial charge on any atom is 0.147 e. The van der Waals surface area contributed by atoms with Crippen LogP contribution in [0.1, 0.15) is 52.9 Å². The molecule has 0 aromatic heterocycles. The van der Waals surface area contributed by atoms with Gasteiger partial charge in [-0.05, 0) is 30.6 Å². The second-order valence-corrected chi connectivity index (χ2v) is 8.91. The Morgan fingerprint density at radius 2 is 1.88 bits per heavy atom. The van der Waals surface area contributed by atoms with Crippen LogP contribution in [-0.2, 0) is 9.84 Å². The van der Waals surface area contributed by atoms with Gasteiger partial charge in [0.05, 0.1) is 11.4 Å². The first-order valence-corrected chi connectivity index (χ1v) is 8.51. The van der Waals surface area contributed by atoms with Crippen molar-refractivity contribution in [1.82, 2.24) is 0 Å². The van der Waals surface area contributed by atoms with E-state index in [0.29, 0.717) is 6.42 Å². The molecule has 1 fully saturated rings. The number of aliphatic hydroxyl groups is 1. The lowest BCUT2D eigenvalue weighted by Gasteiger charge is -2.47. The van der Waals surface area contributed by atoms with E-state index in [4.69, 9.17) is 0 Å². The van der Waals surface area contributed by atoms with Crippen molar-refractivity contribution < 1.29 is 13.5 Å². The van der Waals surface area contributed by atoms with Gasteiger partial charge < -0.3 is 5.11 Å². The highest BCUT2D eigenvalue weighted by molar-refractivity contribution is 7.90. The molecule has 0 radical (unpaired) electrons. The third-order valence-corrected chi connectivity index (χ3v) is 4.90. The maximum absolute atomic E-state index is 11.3. The second kappa shape index (κ2) is 4.88. The van der Waals surface area contributed by atoms with E-state index in [0.717, 1.165) is 25.7 Å². The summed E-state index contributed by atoms with van der Waals surface area (Å²) in [6.45, 7) is 6.40. The fraction of sp³-hybridized carbons (Fsp3) is 1.00. The SMILES string of the molecule is CC(C)(C)C1CCCCC1(O)CCS(C)(=O)=O. The molecule has 0 bridgehead atoms. The Labute approximate surface area is 106 Å². The van der Waals surface area contributed by atoms with Crippen molar-refractivity contribution in [2.75, 3.05) is 12.0 Å². The van der Waals surface area contributed by atoms with Gasteiger partial charge in [-0.3, -0.25) is 0 Å². The van der Waals surface area contributed by atoms with E-state index in [9.17, 15) is 13.5 Å². The summed E-state index contributed by atoms with van der Waals surface area (Å²) >= 11 is 0.